The molecule has 10 radical (unpaired) electrons. The van der Waals surface area contributed by atoms with E-state index in [1.165, 1.54) is 30.8 Å². The third-order valence-electron chi connectivity index (χ3n) is 19.8. The molecular formula is C90H194Co10N12O10Si3. The Labute approximate surface area is 877 Å². The number of rotatable bonds is 38. The van der Waals surface area contributed by atoms with Crippen LogP contribution in [0.5, 0.6) is 0 Å². The van der Waals surface area contributed by atoms with Crippen molar-refractivity contribution < 1.29 is 219 Å². The maximum absolute atomic E-state index is 10.6. The summed E-state index contributed by atoms with van der Waals surface area (Å²) in [5.74, 6) is 0.634. The molecule has 0 spiro atoms. The monoisotopic (exact) mass is 2280 g/mol. The van der Waals surface area contributed by atoms with Gasteiger partial charge in [0, 0.05) is 295 Å². The number of aliphatic imine (C=N–C) groups is 8. The molecule has 0 heterocycles. The van der Waals surface area contributed by atoms with E-state index in [4.69, 9.17) is 5.11 Å². The Morgan fingerprint density at radius 1 is 0.304 bits per heavy atom. The summed E-state index contributed by atoms with van der Waals surface area (Å²) in [5, 5.41) is 107. The van der Waals surface area contributed by atoms with Crippen LogP contribution in [0.2, 0.25) is 55.9 Å². The van der Waals surface area contributed by atoms with E-state index >= 15 is 0 Å². The van der Waals surface area contributed by atoms with E-state index in [-0.39, 0.29) is 222 Å². The van der Waals surface area contributed by atoms with Gasteiger partial charge in [-0.1, -0.05) is 192 Å². The quantitative estimate of drug-likeness (QED) is 0.0119. The molecule has 0 saturated carbocycles. The summed E-state index contributed by atoms with van der Waals surface area (Å²) in [4.78, 5) is 33.3. The smallest absolute Gasteiger partial charge is 0.114 e. The van der Waals surface area contributed by atoms with Crippen molar-refractivity contribution in [2.45, 2.75) is 436 Å². The van der Waals surface area contributed by atoms with Crippen LogP contribution in [0.4, 0.5) is 0 Å². The van der Waals surface area contributed by atoms with Crippen LogP contribution in [0.1, 0.15) is 289 Å². The Bertz CT molecular complexity index is 2680. The summed E-state index contributed by atoms with van der Waals surface area (Å²) < 4.78 is 0. The molecule has 776 valence electrons. The van der Waals surface area contributed by atoms with Crippen molar-refractivity contribution in [1.29, 1.82) is 0 Å². The van der Waals surface area contributed by atoms with Crippen LogP contribution in [0.25, 0.3) is 0 Å². The van der Waals surface area contributed by atoms with Crippen LogP contribution in [0.3, 0.4) is 0 Å². The fraction of sp³-hybridized carbons (Fsp3) is 0.844. The summed E-state index contributed by atoms with van der Waals surface area (Å²) in [6, 6.07) is 8.32. The van der Waals surface area contributed by atoms with Crippen LogP contribution in [-0.2, 0) is 168 Å². The van der Waals surface area contributed by atoms with Gasteiger partial charge in [0.1, 0.15) is 22.4 Å². The Kier molecular flexibility index (Phi) is 127. The average molecular weight is 2280 g/mol. The van der Waals surface area contributed by atoms with E-state index in [1.54, 1.807) is 88.1 Å². The number of hydrazone groups is 2. The largest absolute Gasteiger partial charge is 0.388 e. The van der Waals surface area contributed by atoms with Crippen molar-refractivity contribution in [3.63, 3.8) is 0 Å². The van der Waals surface area contributed by atoms with Crippen molar-refractivity contribution in [3.8, 4) is 0 Å². The first-order valence-corrected chi connectivity index (χ1v) is 51.7. The van der Waals surface area contributed by atoms with Gasteiger partial charge in [-0.25, -0.2) is 0 Å². The third kappa shape index (κ3) is 96.6. The van der Waals surface area contributed by atoms with Gasteiger partial charge < -0.3 is 61.1 Å². The first kappa shape index (κ1) is 175. The second kappa shape index (κ2) is 90.3. The molecule has 0 aromatic carbocycles. The molecule has 0 rings (SSSR count). The van der Waals surface area contributed by atoms with E-state index in [9.17, 15) is 46.0 Å². The van der Waals surface area contributed by atoms with Gasteiger partial charge in [-0.05, 0) is 196 Å². The molecule has 7 atom stereocenters. The zero-order valence-corrected chi connectivity index (χ0v) is 100. The maximum atomic E-state index is 10.6. The number of hydrogen-bond acceptors (Lipinski definition) is 22. The Hall–Kier alpha value is 1.10. The first-order chi connectivity index (χ1) is 51.8. The Balaban J connectivity index is -0.0000000542. The molecule has 0 aliphatic rings. The molecule has 0 aliphatic carbocycles. The second-order valence-corrected chi connectivity index (χ2v) is 52.7. The molecular weight excluding hydrogens is 2080 g/mol. The standard InChI is InChI=1S/C12H27NOSi.C11H25NOSi.C11H23NO.C10H21NO.C9H21NOSi.C9H19NO.C8H15NO.C7H16N2O.C7H13NO.C6H14N2O.10Co/c1-7-15(8-2,9-3)12(6,14)10-13-11(4)5;1-6-12-10-11(5,13)14(7-2,8-3)9-4;1-8(2)11(13,9(3)4)7-12-10(5)6;1-6-10(12,8(2)3)7-11-9(4)5;1-8(2)10-7-9(3,11)12(4,5)6;1-5-9(11,6-2)7-10-8(3)4;1-5-8(4,10)6-9-7(2)3;1-5-7(2,10)6-8-9(3)4;1-4-7(3,9)6-8-5-2;1-6(2,9)5-7-8(3)4;;;;;;;;;;/h10-11,14H,7-9H2,1-6H3;10,13H,6-9H2,1-5H3;7-10,13H,1-6H3;7-9,12H,6H2,1-5H3;7-8,11H,1-6H3;7-8,11H,5-6H2,1-4H3;5-7,10H,1H2,2-4H3;6,10H,5H2,1-4H3;4,6,9H,1,5H2,2-3H3;5,9H,1-4H3;;;;;;;;;;. The minimum Gasteiger partial charge on any atom is -0.388 e. The molecule has 0 amide bonds. The fourth-order valence-corrected chi connectivity index (χ4v) is 17.6. The molecule has 0 aromatic heterocycles. The summed E-state index contributed by atoms with van der Waals surface area (Å²) in [7, 11) is 2.53. The summed E-state index contributed by atoms with van der Waals surface area (Å²) in [6.45, 7) is 90.0. The summed E-state index contributed by atoms with van der Waals surface area (Å²) in [5.41, 5.74) is -5.60. The predicted octanol–water partition coefficient (Wildman–Crippen LogP) is 18.4. The number of nitrogens with zero attached hydrogens (tertiary/aromatic N) is 12. The first-order valence-electron chi connectivity index (χ1n) is 43.0. The van der Waals surface area contributed by atoms with E-state index < -0.39 is 79.1 Å². The van der Waals surface area contributed by atoms with Crippen LogP contribution in [0.15, 0.2) is 75.5 Å². The third-order valence-corrected chi connectivity index (χ3v) is 35.7. The zero-order valence-electron chi connectivity index (χ0n) is 86.7. The van der Waals surface area contributed by atoms with Crippen molar-refractivity contribution in [2.24, 2.45) is 67.9 Å². The Morgan fingerprint density at radius 2 is 0.560 bits per heavy atom. The molecule has 22 nitrogen and oxygen atoms in total. The van der Waals surface area contributed by atoms with Gasteiger partial charge in [0.2, 0.25) is 0 Å². The molecule has 0 fully saturated rings. The van der Waals surface area contributed by atoms with Crippen molar-refractivity contribution in [2.75, 3.05) is 41.3 Å². The average Bonchev–Trinajstić information content (AvgIpc) is 0.807. The molecule has 10 N–H and O–H groups in total. The number of aliphatic hydroxyl groups is 10. The summed E-state index contributed by atoms with van der Waals surface area (Å²) in [6.07, 6.45) is 22.2. The minimum atomic E-state index is -1.61. The molecule has 0 aliphatic heterocycles. The van der Waals surface area contributed by atoms with Gasteiger partial charge in [0.05, 0.1) is 69.1 Å². The molecule has 0 bridgehead atoms. The van der Waals surface area contributed by atoms with Crippen molar-refractivity contribution in [1.82, 2.24) is 10.0 Å². The maximum Gasteiger partial charge on any atom is 0.114 e. The van der Waals surface area contributed by atoms with Gasteiger partial charge in [0.25, 0.3) is 0 Å². The molecule has 0 saturated heterocycles. The van der Waals surface area contributed by atoms with Gasteiger partial charge in [-0.15, -0.1) is 0 Å². The van der Waals surface area contributed by atoms with Crippen LogP contribution in [0, 0.1) is 17.8 Å². The number of hydrogen-bond donors (Lipinski definition) is 10. The topological polar surface area (TPSA) is 332 Å². The fourth-order valence-electron chi connectivity index (χ4n) is 9.12. The van der Waals surface area contributed by atoms with Gasteiger partial charge >= 0.3 is 0 Å². The van der Waals surface area contributed by atoms with Crippen LogP contribution in [-0.4, -0.2) is 280 Å². The zero-order chi connectivity index (χ0) is 93.9. The molecule has 35 heteroatoms. The normalized spacial score (nSPS) is 15.1. The molecule has 7 unspecified atom stereocenters. The van der Waals surface area contributed by atoms with E-state index in [1.807, 2.05) is 215 Å². The van der Waals surface area contributed by atoms with E-state index in [0.717, 1.165) is 62.1 Å². The predicted molar refractivity (Wildman–Crippen MR) is 523 cm³/mol. The van der Waals surface area contributed by atoms with Crippen molar-refractivity contribution in [3.05, 3.63) is 25.3 Å². The van der Waals surface area contributed by atoms with Crippen LogP contribution < -0.4 is 0 Å². The van der Waals surface area contributed by atoms with Gasteiger partial charge in [0.15, 0.2) is 0 Å². The minimum absolute atomic E-state index is 0. The van der Waals surface area contributed by atoms with Gasteiger partial charge in [-0.2, -0.15) is 10.2 Å². The van der Waals surface area contributed by atoms with Crippen molar-refractivity contribution >= 4 is 86.4 Å². The van der Waals surface area contributed by atoms with E-state index in [0.29, 0.717) is 13.0 Å². The Morgan fingerprint density at radius 3 is 0.784 bits per heavy atom. The van der Waals surface area contributed by atoms with E-state index in [2.05, 4.69) is 124 Å². The molecule has 0 aromatic rings. The summed E-state index contributed by atoms with van der Waals surface area (Å²) >= 11 is 0. The van der Waals surface area contributed by atoms with Crippen LogP contribution >= 0.6 is 0 Å². The molecule has 125 heavy (non-hydrogen) atoms. The SMILES string of the molecule is C=CC(C)(O)C=NC(C)C.C=CC(C)(O)C=NCC.CC(C)N=CC(C)(O)[Si](C)(C)C.CC(C)N=CC(O)(C(C)C)C(C)C.CCC(C)(O)C=NN(C)C.CCC(O)(C=NC(C)C)C(C)C.CCC(O)(C=NC(C)C)CC.CCN=CC(C)(O)[Si](CC)(CC)CC.CC[Si](CC)(CC)C(C)(O)C=NC(C)C.CN(C)N=CC(C)(C)O.[Co].[Co].[Co].[Co].[Co].[Co].[Co].[Co].[Co].[Co]. The van der Waals surface area contributed by atoms with Gasteiger partial charge in [-0.3, -0.25) is 39.9 Å². The second-order valence-electron chi connectivity index (χ2n) is 35.8.